The molecular weight excluding hydrogens is 465 g/mol. The summed E-state index contributed by atoms with van der Waals surface area (Å²) in [5.41, 5.74) is 1.99. The molecule has 4 rings (SSSR count). The Morgan fingerprint density at radius 3 is 2.21 bits per heavy atom. The zero-order valence-electron chi connectivity index (χ0n) is 19.7. The number of benzene rings is 1. The standard InChI is InChI=1S/C25H35F3N2O3S/c1-34(31,32)30-16-12-19(13-17-30)18-6-8-22(9-7-18)33-24(21-10-14-29-15-11-21)23(25(26,27)28)20-4-2-3-5-20/h6-9,12,20-21,23-24,29H,2-5,10-11,13-17H2,1H3. The molecule has 9 heteroatoms. The van der Waals surface area contributed by atoms with Crippen molar-refractivity contribution in [2.45, 2.75) is 57.2 Å². The van der Waals surface area contributed by atoms with Gasteiger partial charge >= 0.3 is 6.18 Å². The van der Waals surface area contributed by atoms with Crippen LogP contribution in [0.4, 0.5) is 13.2 Å². The van der Waals surface area contributed by atoms with E-state index in [1.165, 1.54) is 10.6 Å². The fourth-order valence-electron chi connectivity index (χ4n) is 5.79. The average molecular weight is 501 g/mol. The lowest BCUT2D eigenvalue weighted by molar-refractivity contribution is -0.218. The third-order valence-electron chi connectivity index (χ3n) is 7.63. The van der Waals surface area contributed by atoms with Gasteiger partial charge in [0.15, 0.2) is 0 Å². The van der Waals surface area contributed by atoms with Crippen molar-refractivity contribution in [2.24, 2.45) is 17.8 Å². The number of nitrogens with zero attached hydrogens (tertiary/aromatic N) is 1. The van der Waals surface area contributed by atoms with Gasteiger partial charge in [-0.25, -0.2) is 8.42 Å². The highest BCUT2D eigenvalue weighted by molar-refractivity contribution is 7.88. The fraction of sp³-hybridized carbons (Fsp3) is 0.680. The molecule has 1 saturated carbocycles. The average Bonchev–Trinajstić information content (AvgIpc) is 3.32. The molecule has 2 atom stereocenters. The summed E-state index contributed by atoms with van der Waals surface area (Å²) in [7, 11) is -3.22. The van der Waals surface area contributed by atoms with E-state index in [4.69, 9.17) is 4.74 Å². The number of ether oxygens (including phenoxy) is 1. The minimum atomic E-state index is -4.29. The first-order valence-electron chi connectivity index (χ1n) is 12.3. The van der Waals surface area contributed by atoms with Crippen molar-refractivity contribution < 1.29 is 26.3 Å². The molecule has 2 fully saturated rings. The van der Waals surface area contributed by atoms with Crippen LogP contribution in [0, 0.1) is 17.8 Å². The van der Waals surface area contributed by atoms with E-state index in [9.17, 15) is 21.6 Å². The lowest BCUT2D eigenvalue weighted by Crippen LogP contribution is -2.48. The second-order valence-electron chi connectivity index (χ2n) is 9.91. The second kappa shape index (κ2) is 10.6. The molecule has 0 spiro atoms. The van der Waals surface area contributed by atoms with Crippen molar-refractivity contribution in [3.8, 4) is 5.75 Å². The molecule has 5 nitrogen and oxygen atoms in total. The van der Waals surface area contributed by atoms with E-state index in [1.54, 1.807) is 12.1 Å². The first kappa shape index (κ1) is 25.5. The predicted octanol–water partition coefficient (Wildman–Crippen LogP) is 4.85. The van der Waals surface area contributed by atoms with Gasteiger partial charge in [0.1, 0.15) is 11.9 Å². The van der Waals surface area contributed by atoms with E-state index in [0.717, 1.165) is 37.1 Å². The number of piperidine rings is 1. The maximum atomic E-state index is 14.4. The minimum Gasteiger partial charge on any atom is -0.489 e. The zero-order valence-corrected chi connectivity index (χ0v) is 20.5. The lowest BCUT2D eigenvalue weighted by atomic mass is 9.77. The van der Waals surface area contributed by atoms with Crippen molar-refractivity contribution >= 4 is 15.6 Å². The summed E-state index contributed by atoms with van der Waals surface area (Å²) in [6, 6.07) is 7.26. The molecule has 190 valence electrons. The smallest absolute Gasteiger partial charge is 0.395 e. The predicted molar refractivity (Wildman–Crippen MR) is 127 cm³/mol. The van der Waals surface area contributed by atoms with Gasteiger partial charge in [0.2, 0.25) is 10.0 Å². The Morgan fingerprint density at radius 1 is 1.03 bits per heavy atom. The van der Waals surface area contributed by atoms with Crippen molar-refractivity contribution in [3.63, 3.8) is 0 Å². The Bertz CT molecular complexity index is 951. The maximum Gasteiger partial charge on any atom is 0.395 e. The molecule has 1 aromatic rings. The number of hydrogen-bond donors (Lipinski definition) is 1. The van der Waals surface area contributed by atoms with Gasteiger partial charge in [-0.2, -0.15) is 17.5 Å². The number of alkyl halides is 3. The van der Waals surface area contributed by atoms with Gasteiger partial charge in [0, 0.05) is 13.1 Å². The van der Waals surface area contributed by atoms with Gasteiger partial charge in [-0.3, -0.25) is 0 Å². The fourth-order valence-corrected chi connectivity index (χ4v) is 6.56. The Morgan fingerprint density at radius 2 is 1.68 bits per heavy atom. The summed E-state index contributed by atoms with van der Waals surface area (Å²) in [4.78, 5) is 0. The zero-order chi connectivity index (χ0) is 24.3. The van der Waals surface area contributed by atoms with Crippen LogP contribution in [0.1, 0.15) is 50.5 Å². The van der Waals surface area contributed by atoms with Gasteiger partial charge in [0.25, 0.3) is 0 Å². The Hall–Kier alpha value is -1.58. The first-order chi connectivity index (χ1) is 16.1. The summed E-state index contributed by atoms with van der Waals surface area (Å²) in [5.74, 6) is -1.48. The molecule has 3 aliphatic rings. The topological polar surface area (TPSA) is 58.6 Å². The number of sulfonamides is 1. The molecule has 0 bridgehead atoms. The van der Waals surface area contributed by atoms with Crippen molar-refractivity contribution in [3.05, 3.63) is 35.9 Å². The van der Waals surface area contributed by atoms with Gasteiger partial charge in [-0.1, -0.05) is 31.1 Å². The molecule has 1 saturated heterocycles. The molecule has 2 unspecified atom stereocenters. The van der Waals surface area contributed by atoms with Gasteiger partial charge in [0.05, 0.1) is 12.2 Å². The normalized spacial score (nSPS) is 23.5. The van der Waals surface area contributed by atoms with E-state index in [1.807, 2.05) is 18.2 Å². The third kappa shape index (κ3) is 6.15. The quantitative estimate of drug-likeness (QED) is 0.582. The third-order valence-corrected chi connectivity index (χ3v) is 8.90. The highest BCUT2D eigenvalue weighted by Gasteiger charge is 2.52. The molecular formula is C25H35F3N2O3S. The van der Waals surface area contributed by atoms with E-state index < -0.39 is 28.2 Å². The SMILES string of the molecule is CS(=O)(=O)N1CC=C(c2ccc(OC(C3CCNCC3)C(C3CCCC3)C(F)(F)F)cc2)CC1. The van der Waals surface area contributed by atoms with Crippen LogP contribution in [0.25, 0.3) is 5.57 Å². The largest absolute Gasteiger partial charge is 0.489 e. The van der Waals surface area contributed by atoms with Gasteiger partial charge in [-0.05, 0) is 80.3 Å². The van der Waals surface area contributed by atoms with Gasteiger partial charge in [-0.15, -0.1) is 0 Å². The van der Waals surface area contributed by atoms with Crippen LogP contribution in [-0.2, 0) is 10.0 Å². The highest BCUT2D eigenvalue weighted by Crippen LogP contribution is 2.46. The molecule has 2 heterocycles. The van der Waals surface area contributed by atoms with Crippen LogP contribution in [-0.4, -0.2) is 57.4 Å². The van der Waals surface area contributed by atoms with E-state index in [-0.39, 0.29) is 11.8 Å². The number of halogens is 3. The monoisotopic (exact) mass is 500 g/mol. The van der Waals surface area contributed by atoms with Crippen LogP contribution < -0.4 is 10.1 Å². The molecule has 1 aliphatic carbocycles. The molecule has 0 aromatic heterocycles. The lowest BCUT2D eigenvalue weighted by Gasteiger charge is -2.39. The van der Waals surface area contributed by atoms with E-state index >= 15 is 0 Å². The van der Waals surface area contributed by atoms with E-state index in [0.29, 0.717) is 50.9 Å². The van der Waals surface area contributed by atoms with Crippen LogP contribution in [0.2, 0.25) is 0 Å². The number of nitrogens with one attached hydrogen (secondary N) is 1. The summed E-state index contributed by atoms with van der Waals surface area (Å²) in [5, 5.41) is 3.25. The number of hydrogen-bond acceptors (Lipinski definition) is 4. The highest BCUT2D eigenvalue weighted by atomic mass is 32.2. The van der Waals surface area contributed by atoms with Crippen LogP contribution >= 0.6 is 0 Å². The summed E-state index contributed by atoms with van der Waals surface area (Å²) < 4.78 is 74.1. The second-order valence-corrected chi connectivity index (χ2v) is 11.9. The molecule has 0 radical (unpaired) electrons. The summed E-state index contributed by atoms with van der Waals surface area (Å²) in [6.07, 6.45) is 2.86. The summed E-state index contributed by atoms with van der Waals surface area (Å²) in [6.45, 7) is 2.20. The van der Waals surface area contributed by atoms with Crippen LogP contribution in [0.3, 0.4) is 0 Å². The molecule has 0 amide bonds. The molecule has 2 aliphatic heterocycles. The van der Waals surface area contributed by atoms with Crippen LogP contribution in [0.5, 0.6) is 5.75 Å². The van der Waals surface area contributed by atoms with Crippen molar-refractivity contribution in [1.82, 2.24) is 9.62 Å². The van der Waals surface area contributed by atoms with Crippen molar-refractivity contribution in [1.29, 1.82) is 0 Å². The van der Waals surface area contributed by atoms with E-state index in [2.05, 4.69) is 5.32 Å². The van der Waals surface area contributed by atoms with Gasteiger partial charge < -0.3 is 10.1 Å². The molecule has 34 heavy (non-hydrogen) atoms. The molecule has 1 aromatic carbocycles. The Labute approximate surface area is 200 Å². The van der Waals surface area contributed by atoms with Crippen LogP contribution in [0.15, 0.2) is 30.3 Å². The van der Waals surface area contributed by atoms with Crippen molar-refractivity contribution in [2.75, 3.05) is 32.4 Å². The Kier molecular flexibility index (Phi) is 7.94. The maximum absolute atomic E-state index is 14.4. The first-order valence-corrected chi connectivity index (χ1v) is 14.2. The Balaban J connectivity index is 1.53. The molecule has 1 N–H and O–H groups in total. The number of rotatable bonds is 7. The summed E-state index contributed by atoms with van der Waals surface area (Å²) >= 11 is 0. The minimum absolute atomic E-state index is 0.129.